The number of aromatic amines is 1. The predicted octanol–water partition coefficient (Wildman–Crippen LogP) is 6.90. The molecule has 1 N–H and O–H groups in total. The summed E-state index contributed by atoms with van der Waals surface area (Å²) in [5, 5.41) is 1.87. The first kappa shape index (κ1) is 24.5. The third-order valence-corrected chi connectivity index (χ3v) is 9.29. The van der Waals surface area contributed by atoms with Crippen molar-refractivity contribution in [3.05, 3.63) is 76.4 Å². The van der Waals surface area contributed by atoms with Gasteiger partial charge in [-0.25, -0.2) is 9.78 Å². The largest absolute Gasteiger partial charge is 0.339 e. The summed E-state index contributed by atoms with van der Waals surface area (Å²) in [5.74, 6) is 0. The molecule has 2 aliphatic heterocycles. The highest BCUT2D eigenvalue weighted by molar-refractivity contribution is 9.10. The number of nitrogens with zero attached hydrogens (tertiary/aromatic N) is 4. The van der Waals surface area contributed by atoms with Gasteiger partial charge in [-0.3, -0.25) is 14.7 Å². The quantitative estimate of drug-likeness (QED) is 0.281. The first-order valence-corrected chi connectivity index (χ1v) is 14.7. The van der Waals surface area contributed by atoms with Crippen molar-refractivity contribution in [2.75, 3.05) is 36.2 Å². The molecule has 37 heavy (non-hydrogen) atoms. The van der Waals surface area contributed by atoms with Crippen LogP contribution in [-0.2, 0) is 13.1 Å². The average Bonchev–Trinajstić information content (AvgIpc) is 3.37. The van der Waals surface area contributed by atoms with Gasteiger partial charge in [0.25, 0.3) is 0 Å². The van der Waals surface area contributed by atoms with Crippen LogP contribution in [0.2, 0.25) is 0 Å². The van der Waals surface area contributed by atoms with E-state index in [9.17, 15) is 4.79 Å². The van der Waals surface area contributed by atoms with E-state index in [1.165, 1.54) is 31.5 Å². The van der Waals surface area contributed by atoms with E-state index in [1.54, 1.807) is 11.1 Å². The zero-order valence-corrected chi connectivity index (χ0v) is 23.5. The van der Waals surface area contributed by atoms with Crippen LogP contribution >= 0.6 is 27.7 Å². The summed E-state index contributed by atoms with van der Waals surface area (Å²) >= 11 is 5.49. The highest BCUT2D eigenvalue weighted by Gasteiger charge is 2.31. The molecule has 190 valence electrons. The lowest BCUT2D eigenvalue weighted by Gasteiger charge is -2.35. The number of H-pyrrole nitrogens is 1. The fourth-order valence-corrected chi connectivity index (χ4v) is 6.36. The Morgan fingerprint density at radius 3 is 2.51 bits per heavy atom. The van der Waals surface area contributed by atoms with Gasteiger partial charge in [-0.05, 0) is 73.6 Å². The topological polar surface area (TPSA) is 55.5 Å². The maximum absolute atomic E-state index is 13.1. The molecular formula is C29H30BrN5OS. The number of halogens is 1. The van der Waals surface area contributed by atoms with Crippen molar-refractivity contribution in [1.82, 2.24) is 14.9 Å². The highest BCUT2D eigenvalue weighted by atomic mass is 79.9. The minimum atomic E-state index is -0.0556. The molecule has 1 saturated heterocycles. The summed E-state index contributed by atoms with van der Waals surface area (Å²) in [6.07, 6.45) is 6.60. The van der Waals surface area contributed by atoms with Crippen molar-refractivity contribution < 1.29 is 4.79 Å². The Labute approximate surface area is 230 Å². The van der Waals surface area contributed by atoms with Gasteiger partial charge in [0.05, 0.1) is 18.4 Å². The number of urea groups is 1. The third-order valence-electron chi connectivity index (χ3n) is 7.62. The molecule has 6 rings (SSSR count). The van der Waals surface area contributed by atoms with Crippen LogP contribution in [-0.4, -0.2) is 52.5 Å². The molecule has 0 radical (unpaired) electrons. The van der Waals surface area contributed by atoms with Crippen LogP contribution in [0.1, 0.15) is 24.0 Å². The molecular weight excluding hydrogens is 546 g/mol. The second-order valence-corrected chi connectivity index (χ2v) is 11.9. The minimum Gasteiger partial charge on any atom is -0.339 e. The van der Waals surface area contributed by atoms with Crippen molar-refractivity contribution in [2.45, 2.75) is 31.2 Å². The average molecular weight is 577 g/mol. The Hall–Kier alpha value is -2.81. The maximum Gasteiger partial charge on any atom is 0.329 e. The lowest BCUT2D eigenvalue weighted by molar-refractivity contribution is 0.225. The predicted molar refractivity (Wildman–Crippen MR) is 157 cm³/mol. The SMILES string of the molecule is CSC1CCN(Cc2ccc(-c3cc4c5c(cnc4[nH]3)N(C)C(=O)N(c3ccc(Br)cc3)C5)cc2)CC1. The standard InChI is InChI=1S/C29H30BrN5OS/c1-33-27-16-31-28-24(25(27)18-35(29(33)36)22-9-7-21(30)8-10-22)15-26(32-28)20-5-3-19(4-6-20)17-34-13-11-23(37-2)12-14-34/h3-10,15-16,23H,11-14,17-18H2,1-2H3,(H,31,32). The van der Waals surface area contributed by atoms with Crippen LogP contribution in [0.25, 0.3) is 22.3 Å². The van der Waals surface area contributed by atoms with Gasteiger partial charge in [0.2, 0.25) is 0 Å². The number of benzene rings is 2. The molecule has 2 aliphatic rings. The molecule has 0 saturated carbocycles. The number of likely N-dealkylation sites (tertiary alicyclic amines) is 1. The Morgan fingerprint density at radius 1 is 1.08 bits per heavy atom. The molecule has 2 aromatic carbocycles. The van der Waals surface area contributed by atoms with Gasteiger partial charge in [-0.1, -0.05) is 40.2 Å². The van der Waals surface area contributed by atoms with Crippen molar-refractivity contribution in [2.24, 2.45) is 0 Å². The molecule has 1 fully saturated rings. The van der Waals surface area contributed by atoms with E-state index in [0.29, 0.717) is 6.54 Å². The Morgan fingerprint density at radius 2 is 1.81 bits per heavy atom. The van der Waals surface area contributed by atoms with E-state index in [2.05, 4.69) is 67.4 Å². The van der Waals surface area contributed by atoms with Crippen LogP contribution in [0.5, 0.6) is 0 Å². The number of fused-ring (bicyclic) bond motifs is 3. The summed E-state index contributed by atoms with van der Waals surface area (Å²) in [7, 11) is 1.82. The Bertz CT molecular complexity index is 1430. The number of hydrogen-bond acceptors (Lipinski definition) is 4. The molecule has 4 heterocycles. The van der Waals surface area contributed by atoms with E-state index in [4.69, 9.17) is 0 Å². The monoisotopic (exact) mass is 575 g/mol. The number of pyridine rings is 1. The summed E-state index contributed by atoms with van der Waals surface area (Å²) in [5.41, 5.74) is 7.20. The fourth-order valence-electron chi connectivity index (χ4n) is 5.41. The van der Waals surface area contributed by atoms with E-state index >= 15 is 0 Å². The van der Waals surface area contributed by atoms with Crippen LogP contribution in [0, 0.1) is 0 Å². The number of anilines is 2. The van der Waals surface area contributed by atoms with Crippen LogP contribution in [0.15, 0.2) is 65.3 Å². The number of nitrogens with one attached hydrogen (secondary N) is 1. The number of aromatic nitrogens is 2. The summed E-state index contributed by atoms with van der Waals surface area (Å²) in [6.45, 7) is 3.87. The Kier molecular flexibility index (Phi) is 6.73. The number of hydrogen-bond donors (Lipinski definition) is 1. The minimum absolute atomic E-state index is 0.0556. The smallest absolute Gasteiger partial charge is 0.329 e. The number of piperidine rings is 1. The molecule has 2 amide bonds. The van der Waals surface area contributed by atoms with Crippen molar-refractivity contribution in [1.29, 1.82) is 0 Å². The summed E-state index contributed by atoms with van der Waals surface area (Å²) in [6, 6.07) is 18.9. The van der Waals surface area contributed by atoms with Gasteiger partial charge in [0, 0.05) is 45.6 Å². The van der Waals surface area contributed by atoms with Crippen molar-refractivity contribution in [3.63, 3.8) is 0 Å². The molecule has 0 bridgehead atoms. The van der Waals surface area contributed by atoms with Gasteiger partial charge >= 0.3 is 6.03 Å². The number of rotatable bonds is 5. The van der Waals surface area contributed by atoms with Crippen molar-refractivity contribution >= 4 is 56.1 Å². The zero-order valence-electron chi connectivity index (χ0n) is 21.1. The van der Waals surface area contributed by atoms with Gasteiger partial charge in [-0.15, -0.1) is 0 Å². The second kappa shape index (κ2) is 10.2. The fraction of sp³-hybridized carbons (Fsp3) is 0.310. The van der Waals surface area contributed by atoms with Crippen LogP contribution in [0.4, 0.5) is 16.2 Å². The second-order valence-electron chi connectivity index (χ2n) is 9.88. The highest BCUT2D eigenvalue weighted by Crippen LogP contribution is 2.37. The van der Waals surface area contributed by atoms with E-state index in [-0.39, 0.29) is 6.03 Å². The molecule has 0 unspecified atom stereocenters. The third kappa shape index (κ3) is 4.78. The zero-order chi connectivity index (χ0) is 25.5. The van der Waals surface area contributed by atoms with Gasteiger partial charge < -0.3 is 4.98 Å². The number of thioether (sulfide) groups is 1. The molecule has 6 nitrogen and oxygen atoms in total. The van der Waals surface area contributed by atoms with Gasteiger partial charge in [-0.2, -0.15) is 11.8 Å². The van der Waals surface area contributed by atoms with Gasteiger partial charge in [0.1, 0.15) is 5.65 Å². The molecule has 0 atom stereocenters. The number of carbonyl (C=O) groups excluding carboxylic acids is 1. The maximum atomic E-state index is 13.1. The number of amides is 2. The molecule has 0 aliphatic carbocycles. The van der Waals surface area contributed by atoms with Crippen LogP contribution in [0.3, 0.4) is 0 Å². The Balaban J connectivity index is 1.26. The first-order chi connectivity index (χ1) is 18.0. The van der Waals surface area contributed by atoms with Gasteiger partial charge in [0.15, 0.2) is 0 Å². The normalized spacial score (nSPS) is 17.0. The number of carbonyl (C=O) groups is 1. The van der Waals surface area contributed by atoms with Crippen molar-refractivity contribution in [3.8, 4) is 11.3 Å². The lowest BCUT2D eigenvalue weighted by Crippen LogP contribution is -2.45. The summed E-state index contributed by atoms with van der Waals surface area (Å²) < 4.78 is 0.988. The molecule has 4 aromatic rings. The van der Waals surface area contributed by atoms with Crippen LogP contribution < -0.4 is 9.80 Å². The first-order valence-electron chi connectivity index (χ1n) is 12.7. The molecule has 2 aromatic heterocycles. The van der Waals surface area contributed by atoms with E-state index in [1.807, 2.05) is 48.0 Å². The van der Waals surface area contributed by atoms with E-state index in [0.717, 1.165) is 55.5 Å². The molecule has 0 spiro atoms. The summed E-state index contributed by atoms with van der Waals surface area (Å²) in [4.78, 5) is 27.4. The lowest BCUT2D eigenvalue weighted by atomic mass is 10.0. The van der Waals surface area contributed by atoms with E-state index < -0.39 is 0 Å². The molecule has 8 heteroatoms.